The summed E-state index contributed by atoms with van der Waals surface area (Å²) >= 11 is 0. The standard InChI is InChI=1S/C20H26O2/c1-3-20(22)11-9-18-17-6-4-13-12-14(21)5-7-15(13)16(17)8-10-19(18,20)2/h4,22H,3,5-12H2,1-2H3/t19-,20-/m0/s1. The molecule has 0 radical (unpaired) electrons. The van der Waals surface area contributed by atoms with Crippen LogP contribution in [0.3, 0.4) is 0 Å². The Kier molecular flexibility index (Phi) is 3.07. The average Bonchev–Trinajstić information content (AvgIpc) is 2.79. The lowest BCUT2D eigenvalue weighted by Gasteiger charge is -2.45. The molecule has 0 aromatic heterocycles. The molecule has 0 amide bonds. The van der Waals surface area contributed by atoms with Gasteiger partial charge >= 0.3 is 0 Å². The zero-order valence-electron chi connectivity index (χ0n) is 13.8. The summed E-state index contributed by atoms with van der Waals surface area (Å²) in [7, 11) is 0. The van der Waals surface area contributed by atoms with E-state index in [2.05, 4.69) is 19.9 Å². The van der Waals surface area contributed by atoms with Crippen LogP contribution in [-0.4, -0.2) is 16.5 Å². The van der Waals surface area contributed by atoms with Crippen molar-refractivity contribution in [2.24, 2.45) is 5.41 Å². The molecule has 0 heterocycles. The summed E-state index contributed by atoms with van der Waals surface area (Å²) in [6.45, 7) is 4.41. The van der Waals surface area contributed by atoms with Crippen LogP contribution in [-0.2, 0) is 4.79 Å². The van der Waals surface area contributed by atoms with E-state index < -0.39 is 5.60 Å². The molecule has 0 bridgehead atoms. The summed E-state index contributed by atoms with van der Waals surface area (Å²) in [6, 6.07) is 0. The molecule has 0 unspecified atom stereocenters. The summed E-state index contributed by atoms with van der Waals surface area (Å²) in [6.07, 6.45) is 10.5. The number of Topliss-reactive ketones (excluding diaryl/α,β-unsaturated/α-hetero) is 1. The van der Waals surface area contributed by atoms with Crippen molar-refractivity contribution in [3.8, 4) is 0 Å². The molecule has 0 aromatic rings. The fourth-order valence-electron chi connectivity index (χ4n) is 5.48. The molecule has 4 aliphatic carbocycles. The van der Waals surface area contributed by atoms with E-state index in [4.69, 9.17) is 0 Å². The molecule has 2 saturated carbocycles. The van der Waals surface area contributed by atoms with E-state index in [1.165, 1.54) is 27.9 Å². The predicted octanol–water partition coefficient (Wildman–Crippen LogP) is 4.40. The van der Waals surface area contributed by atoms with Crippen molar-refractivity contribution in [1.82, 2.24) is 0 Å². The molecule has 118 valence electrons. The van der Waals surface area contributed by atoms with Gasteiger partial charge in [0.25, 0.3) is 0 Å². The molecular formula is C20H26O2. The van der Waals surface area contributed by atoms with Gasteiger partial charge in [0.1, 0.15) is 5.78 Å². The number of allylic oxidation sites excluding steroid dienone is 5. The van der Waals surface area contributed by atoms with Crippen molar-refractivity contribution in [2.45, 2.75) is 77.2 Å². The fourth-order valence-corrected chi connectivity index (χ4v) is 5.48. The number of ketones is 1. The number of hydrogen-bond acceptors (Lipinski definition) is 2. The average molecular weight is 298 g/mol. The zero-order valence-corrected chi connectivity index (χ0v) is 13.8. The minimum atomic E-state index is -0.516. The van der Waals surface area contributed by atoms with E-state index in [9.17, 15) is 9.90 Å². The van der Waals surface area contributed by atoms with Gasteiger partial charge in [-0.1, -0.05) is 25.5 Å². The Balaban J connectivity index is 1.82. The van der Waals surface area contributed by atoms with Crippen LogP contribution >= 0.6 is 0 Å². The smallest absolute Gasteiger partial charge is 0.137 e. The molecule has 0 aliphatic heterocycles. The van der Waals surface area contributed by atoms with Crippen LogP contribution < -0.4 is 0 Å². The third kappa shape index (κ3) is 1.73. The van der Waals surface area contributed by atoms with Gasteiger partial charge in [-0.3, -0.25) is 4.79 Å². The maximum Gasteiger partial charge on any atom is 0.137 e. The second kappa shape index (κ2) is 4.67. The lowest BCUT2D eigenvalue weighted by Crippen LogP contribution is -2.44. The van der Waals surface area contributed by atoms with E-state index >= 15 is 0 Å². The van der Waals surface area contributed by atoms with Crippen molar-refractivity contribution in [3.05, 3.63) is 33.9 Å². The largest absolute Gasteiger partial charge is 0.389 e. The SMILES string of the molecule is CC[C@]1(O)CCC2=C3CC=C4CC(=O)CCC4=C3CC[C@@]21C. The minimum Gasteiger partial charge on any atom is -0.389 e. The quantitative estimate of drug-likeness (QED) is 0.779. The van der Waals surface area contributed by atoms with E-state index in [0.717, 1.165) is 51.4 Å². The van der Waals surface area contributed by atoms with Gasteiger partial charge in [-0.25, -0.2) is 0 Å². The van der Waals surface area contributed by atoms with Gasteiger partial charge in [-0.05, 0) is 67.2 Å². The maximum atomic E-state index is 11.7. The summed E-state index contributed by atoms with van der Waals surface area (Å²) in [5.41, 5.74) is 6.82. The van der Waals surface area contributed by atoms with Gasteiger partial charge in [0.2, 0.25) is 0 Å². The monoisotopic (exact) mass is 298 g/mol. The van der Waals surface area contributed by atoms with E-state index in [-0.39, 0.29) is 5.41 Å². The zero-order chi connectivity index (χ0) is 15.5. The first-order valence-corrected chi connectivity index (χ1v) is 8.87. The first-order valence-electron chi connectivity index (χ1n) is 8.87. The Morgan fingerprint density at radius 3 is 2.68 bits per heavy atom. The summed E-state index contributed by atoms with van der Waals surface area (Å²) < 4.78 is 0. The highest BCUT2D eigenvalue weighted by atomic mass is 16.3. The molecule has 4 rings (SSSR count). The molecule has 2 nitrogen and oxygen atoms in total. The normalized spacial score (nSPS) is 37.8. The number of fused-ring (bicyclic) bond motifs is 3. The molecule has 2 fully saturated rings. The molecule has 2 heteroatoms. The van der Waals surface area contributed by atoms with E-state index in [1.807, 2.05) is 0 Å². The van der Waals surface area contributed by atoms with Crippen LogP contribution in [0.25, 0.3) is 0 Å². The van der Waals surface area contributed by atoms with Crippen molar-refractivity contribution in [1.29, 1.82) is 0 Å². The van der Waals surface area contributed by atoms with Crippen molar-refractivity contribution in [2.75, 3.05) is 0 Å². The Morgan fingerprint density at radius 1 is 1.09 bits per heavy atom. The number of carbonyl (C=O) groups excluding carboxylic acids is 1. The predicted molar refractivity (Wildman–Crippen MR) is 87.4 cm³/mol. The Labute approximate surface area is 133 Å². The van der Waals surface area contributed by atoms with Crippen molar-refractivity contribution < 1.29 is 9.90 Å². The molecule has 22 heavy (non-hydrogen) atoms. The number of aliphatic hydroxyl groups is 1. The topological polar surface area (TPSA) is 37.3 Å². The van der Waals surface area contributed by atoms with Gasteiger partial charge in [-0.15, -0.1) is 0 Å². The van der Waals surface area contributed by atoms with Crippen molar-refractivity contribution in [3.63, 3.8) is 0 Å². The summed E-state index contributed by atoms with van der Waals surface area (Å²) in [5.74, 6) is 0.397. The third-order valence-electron chi connectivity index (χ3n) is 7.02. The van der Waals surface area contributed by atoms with Gasteiger partial charge in [0, 0.05) is 18.3 Å². The van der Waals surface area contributed by atoms with Gasteiger partial charge in [0.15, 0.2) is 0 Å². The van der Waals surface area contributed by atoms with Gasteiger partial charge in [-0.2, -0.15) is 0 Å². The van der Waals surface area contributed by atoms with Crippen LogP contribution in [0.1, 0.15) is 71.6 Å². The second-order valence-corrected chi connectivity index (χ2v) is 7.78. The van der Waals surface area contributed by atoms with Gasteiger partial charge in [0.05, 0.1) is 5.60 Å². The highest BCUT2D eigenvalue weighted by Crippen LogP contribution is 2.61. The molecule has 1 N–H and O–H groups in total. The minimum absolute atomic E-state index is 0.0308. The highest BCUT2D eigenvalue weighted by molar-refractivity contribution is 5.85. The summed E-state index contributed by atoms with van der Waals surface area (Å²) in [5, 5.41) is 11.1. The van der Waals surface area contributed by atoms with Crippen LogP contribution in [0.5, 0.6) is 0 Å². The molecule has 4 aliphatic rings. The Morgan fingerprint density at radius 2 is 1.91 bits per heavy atom. The van der Waals surface area contributed by atoms with E-state index in [0.29, 0.717) is 12.2 Å². The Hall–Kier alpha value is -1.15. The van der Waals surface area contributed by atoms with Crippen molar-refractivity contribution >= 4 is 5.78 Å². The van der Waals surface area contributed by atoms with Crippen LogP contribution in [0.4, 0.5) is 0 Å². The third-order valence-corrected chi connectivity index (χ3v) is 7.02. The first-order chi connectivity index (χ1) is 10.5. The second-order valence-electron chi connectivity index (χ2n) is 7.78. The maximum absolute atomic E-state index is 11.7. The lowest BCUT2D eigenvalue weighted by atomic mass is 9.61. The molecule has 0 aromatic carbocycles. The highest BCUT2D eigenvalue weighted by Gasteiger charge is 2.55. The summed E-state index contributed by atoms with van der Waals surface area (Å²) in [4.78, 5) is 11.7. The van der Waals surface area contributed by atoms with Crippen LogP contribution in [0.15, 0.2) is 33.9 Å². The van der Waals surface area contributed by atoms with Crippen LogP contribution in [0, 0.1) is 5.41 Å². The molecule has 0 saturated heterocycles. The molecule has 2 atom stereocenters. The number of hydrogen-bond donors (Lipinski definition) is 1. The van der Waals surface area contributed by atoms with Crippen LogP contribution in [0.2, 0.25) is 0 Å². The first kappa shape index (κ1) is 14.4. The van der Waals surface area contributed by atoms with E-state index in [1.54, 1.807) is 0 Å². The molecular weight excluding hydrogens is 272 g/mol. The Bertz CT molecular complexity index is 649. The molecule has 0 spiro atoms. The number of rotatable bonds is 1. The number of carbonyl (C=O) groups is 1. The van der Waals surface area contributed by atoms with Gasteiger partial charge < -0.3 is 5.11 Å². The fraction of sp³-hybridized carbons (Fsp3) is 0.650. The lowest BCUT2D eigenvalue weighted by molar-refractivity contribution is -0.118.